The van der Waals surface area contributed by atoms with E-state index in [1.807, 2.05) is 0 Å². The third-order valence-corrected chi connectivity index (χ3v) is 2.54. The average molecular weight is 229 g/mol. The lowest BCUT2D eigenvalue weighted by Gasteiger charge is -2.14. The Morgan fingerprint density at radius 1 is 1.36 bits per heavy atom. The van der Waals surface area contributed by atoms with E-state index in [9.17, 15) is 21.6 Å². The van der Waals surface area contributed by atoms with E-state index < -0.39 is 21.6 Å². The lowest BCUT2D eigenvalue weighted by molar-refractivity contribution is -0.0449. The van der Waals surface area contributed by atoms with Crippen molar-refractivity contribution in [2.75, 3.05) is 0 Å². The minimum Gasteiger partial charge on any atom is -0.203 e. The largest absolute Gasteiger partial charge is 0.511 e. The highest BCUT2D eigenvalue weighted by Gasteiger charge is 2.46. The van der Waals surface area contributed by atoms with Crippen molar-refractivity contribution in [3.63, 3.8) is 0 Å². The van der Waals surface area contributed by atoms with E-state index in [4.69, 9.17) is 0 Å². The van der Waals surface area contributed by atoms with Gasteiger partial charge in [-0.15, -0.1) is 13.2 Å². The van der Waals surface area contributed by atoms with Crippen molar-refractivity contribution < 1.29 is 21.6 Å². The minimum atomic E-state index is -5.30. The van der Waals surface area contributed by atoms with Gasteiger partial charge in [-0.3, -0.25) is 0 Å². The highest BCUT2D eigenvalue weighted by atomic mass is 32.2. The van der Waals surface area contributed by atoms with Crippen molar-refractivity contribution in [2.45, 2.75) is 18.0 Å². The second-order valence-electron chi connectivity index (χ2n) is 2.43. The Hall–Kier alpha value is -0.820. The number of sulfonamides is 1. The molecule has 14 heavy (non-hydrogen) atoms. The Kier molecular flexibility index (Phi) is 4.34. The van der Waals surface area contributed by atoms with Crippen molar-refractivity contribution >= 4 is 10.0 Å². The van der Waals surface area contributed by atoms with Gasteiger partial charge in [-0.2, -0.15) is 13.2 Å². The fraction of sp³-hybridized carbons (Fsp3) is 0.429. The Balaban J connectivity index is 4.65. The molecule has 0 saturated heterocycles. The van der Waals surface area contributed by atoms with Crippen molar-refractivity contribution in [1.82, 2.24) is 4.72 Å². The maximum atomic E-state index is 11.9. The highest BCUT2D eigenvalue weighted by molar-refractivity contribution is 7.90. The van der Waals surface area contributed by atoms with Gasteiger partial charge in [0.2, 0.25) is 0 Å². The zero-order valence-corrected chi connectivity index (χ0v) is 8.03. The van der Waals surface area contributed by atoms with Gasteiger partial charge in [-0.1, -0.05) is 12.2 Å². The van der Waals surface area contributed by atoms with Crippen LogP contribution < -0.4 is 4.72 Å². The topological polar surface area (TPSA) is 46.2 Å². The molecule has 82 valence electrons. The first kappa shape index (κ1) is 13.2. The molecule has 0 saturated carbocycles. The van der Waals surface area contributed by atoms with Crippen LogP contribution in [0.1, 0.15) is 6.42 Å². The van der Waals surface area contributed by atoms with Gasteiger partial charge < -0.3 is 0 Å². The molecule has 0 aliphatic carbocycles. The van der Waals surface area contributed by atoms with Crippen LogP contribution in [0.5, 0.6) is 0 Å². The first-order valence-corrected chi connectivity index (χ1v) is 5.05. The summed E-state index contributed by atoms with van der Waals surface area (Å²) in [6, 6.07) is -0.987. The molecule has 7 heteroatoms. The van der Waals surface area contributed by atoms with E-state index in [2.05, 4.69) is 13.2 Å². The number of alkyl halides is 3. The molecule has 0 rings (SSSR count). The maximum absolute atomic E-state index is 11.9. The normalized spacial score (nSPS) is 14.8. The molecule has 0 spiro atoms. The molecule has 0 aromatic rings. The second kappa shape index (κ2) is 4.61. The van der Waals surface area contributed by atoms with Gasteiger partial charge in [-0.25, -0.2) is 13.1 Å². The van der Waals surface area contributed by atoms with Crippen LogP contribution in [0, 0.1) is 0 Å². The summed E-state index contributed by atoms with van der Waals surface area (Å²) in [5, 5.41) is 0. The summed E-state index contributed by atoms with van der Waals surface area (Å²) in [5.41, 5.74) is -5.30. The van der Waals surface area contributed by atoms with Crippen LogP contribution in [0.25, 0.3) is 0 Å². The molecule has 0 aromatic carbocycles. The van der Waals surface area contributed by atoms with Crippen LogP contribution in [0.4, 0.5) is 13.2 Å². The predicted octanol–water partition coefficient (Wildman–Crippen LogP) is 1.56. The van der Waals surface area contributed by atoms with Crippen molar-refractivity contribution in [2.24, 2.45) is 0 Å². The van der Waals surface area contributed by atoms with Gasteiger partial charge in [0, 0.05) is 6.04 Å². The van der Waals surface area contributed by atoms with E-state index in [0.29, 0.717) is 0 Å². The summed E-state index contributed by atoms with van der Waals surface area (Å²) < 4.78 is 58.2. The van der Waals surface area contributed by atoms with Crippen LogP contribution >= 0.6 is 0 Å². The quantitative estimate of drug-likeness (QED) is 0.727. The third-order valence-electron chi connectivity index (χ3n) is 1.32. The highest BCUT2D eigenvalue weighted by Crippen LogP contribution is 2.22. The molecule has 1 unspecified atom stereocenters. The summed E-state index contributed by atoms with van der Waals surface area (Å²) in [7, 11) is -5.30. The van der Waals surface area contributed by atoms with Gasteiger partial charge in [0.15, 0.2) is 0 Å². The van der Waals surface area contributed by atoms with Crippen LogP contribution in [-0.2, 0) is 10.0 Å². The van der Waals surface area contributed by atoms with Gasteiger partial charge in [-0.05, 0) is 6.42 Å². The molecule has 0 heterocycles. The van der Waals surface area contributed by atoms with Crippen LogP contribution in [0.3, 0.4) is 0 Å². The number of halogens is 3. The molecule has 0 bridgehead atoms. The number of rotatable bonds is 5. The Labute approximate surface area is 80.4 Å². The molecule has 1 atom stereocenters. The Morgan fingerprint density at radius 3 is 2.14 bits per heavy atom. The SMILES string of the molecule is C=CCC(C=C)NS(=O)(=O)C(F)(F)F. The first-order chi connectivity index (χ1) is 6.24. The number of nitrogens with one attached hydrogen (secondary N) is 1. The van der Waals surface area contributed by atoms with Crippen molar-refractivity contribution in [3.05, 3.63) is 25.3 Å². The molecule has 0 radical (unpaired) electrons. The van der Waals surface area contributed by atoms with Crippen LogP contribution in [0.15, 0.2) is 25.3 Å². The summed E-state index contributed by atoms with van der Waals surface area (Å²) in [6.07, 6.45) is 2.43. The summed E-state index contributed by atoms with van der Waals surface area (Å²) in [6.45, 7) is 6.48. The molecule has 0 aliphatic rings. The lowest BCUT2D eigenvalue weighted by Crippen LogP contribution is -2.41. The zero-order chi connectivity index (χ0) is 11.4. The molecule has 0 aromatic heterocycles. The van der Waals surface area contributed by atoms with Crippen LogP contribution in [0.2, 0.25) is 0 Å². The van der Waals surface area contributed by atoms with Gasteiger partial charge in [0.05, 0.1) is 0 Å². The second-order valence-corrected chi connectivity index (χ2v) is 4.14. The molecular formula is C7H10F3NO2S. The molecular weight excluding hydrogens is 219 g/mol. The van der Waals surface area contributed by atoms with Gasteiger partial charge in [0.1, 0.15) is 0 Å². The van der Waals surface area contributed by atoms with Gasteiger partial charge >= 0.3 is 15.5 Å². The molecule has 0 fully saturated rings. The minimum absolute atomic E-state index is 0.0544. The molecule has 0 aliphatic heterocycles. The fourth-order valence-electron chi connectivity index (χ4n) is 0.638. The maximum Gasteiger partial charge on any atom is 0.511 e. The van der Waals surface area contributed by atoms with E-state index in [0.717, 1.165) is 6.08 Å². The smallest absolute Gasteiger partial charge is 0.203 e. The number of hydrogen-bond donors (Lipinski definition) is 1. The predicted molar refractivity (Wildman–Crippen MR) is 46.9 cm³/mol. The number of hydrogen-bond acceptors (Lipinski definition) is 2. The average Bonchev–Trinajstić information content (AvgIpc) is 2.01. The first-order valence-electron chi connectivity index (χ1n) is 3.56. The third kappa shape index (κ3) is 3.51. The molecule has 3 nitrogen and oxygen atoms in total. The molecule has 1 N–H and O–H groups in total. The summed E-state index contributed by atoms with van der Waals surface area (Å²) in [5.74, 6) is 0. The van der Waals surface area contributed by atoms with E-state index >= 15 is 0 Å². The van der Waals surface area contributed by atoms with Crippen molar-refractivity contribution in [3.8, 4) is 0 Å². The Bertz CT molecular complexity index is 307. The standard InChI is InChI=1S/C7H10F3NO2S/c1-3-5-6(4-2)11-14(12,13)7(8,9)10/h3-4,6,11H,1-2,5H2. The van der Waals surface area contributed by atoms with E-state index in [1.165, 1.54) is 10.8 Å². The fourth-order valence-corrected chi connectivity index (χ4v) is 1.36. The molecule has 0 amide bonds. The van der Waals surface area contributed by atoms with E-state index in [1.54, 1.807) is 0 Å². The summed E-state index contributed by atoms with van der Waals surface area (Å²) >= 11 is 0. The summed E-state index contributed by atoms with van der Waals surface area (Å²) in [4.78, 5) is 0. The monoisotopic (exact) mass is 229 g/mol. The Morgan fingerprint density at radius 2 is 1.86 bits per heavy atom. The van der Waals surface area contributed by atoms with Crippen molar-refractivity contribution in [1.29, 1.82) is 0 Å². The lowest BCUT2D eigenvalue weighted by atomic mass is 10.2. The van der Waals surface area contributed by atoms with E-state index in [-0.39, 0.29) is 6.42 Å². The van der Waals surface area contributed by atoms with Gasteiger partial charge in [0.25, 0.3) is 0 Å². The van der Waals surface area contributed by atoms with Crippen LogP contribution in [-0.4, -0.2) is 20.0 Å². The zero-order valence-electron chi connectivity index (χ0n) is 7.21.